The highest BCUT2D eigenvalue weighted by molar-refractivity contribution is 6.01. The number of hydrogen-bond acceptors (Lipinski definition) is 8. The van der Waals surface area contributed by atoms with Crippen molar-refractivity contribution in [2.45, 2.75) is 31.9 Å². The standard InChI is InChI=1S/C22H23FN6O5/c1-28-19(31)7-15-20(28)13(14(23)9-25-15)8-24-6-2-3-12-10-29(22(32)34-12)17-5-4-16-21(26-17)27-18(30)11-33-16/h4-5,9,12,24H,2-3,6-8,10-11H2,1H3,(H,26,27,30). The van der Waals surface area contributed by atoms with Crippen LogP contribution in [-0.2, 0) is 27.3 Å². The molecule has 0 radical (unpaired) electrons. The van der Waals surface area contributed by atoms with Gasteiger partial charge in [0.25, 0.3) is 5.91 Å². The molecule has 0 aromatic carbocycles. The molecule has 3 aliphatic rings. The third-order valence-electron chi connectivity index (χ3n) is 6.00. The van der Waals surface area contributed by atoms with E-state index in [1.54, 1.807) is 19.2 Å². The van der Waals surface area contributed by atoms with Gasteiger partial charge in [-0.05, 0) is 31.5 Å². The molecule has 5 rings (SSSR count). The minimum atomic E-state index is -0.504. The fourth-order valence-corrected chi connectivity index (χ4v) is 4.27. The van der Waals surface area contributed by atoms with E-state index in [9.17, 15) is 18.8 Å². The van der Waals surface area contributed by atoms with Crippen LogP contribution >= 0.6 is 0 Å². The Morgan fingerprint density at radius 3 is 3.00 bits per heavy atom. The maximum atomic E-state index is 14.3. The van der Waals surface area contributed by atoms with Crippen molar-refractivity contribution in [1.29, 1.82) is 0 Å². The molecule has 11 nitrogen and oxygen atoms in total. The van der Waals surface area contributed by atoms with Crippen LogP contribution in [0.2, 0.25) is 0 Å². The van der Waals surface area contributed by atoms with Crippen molar-refractivity contribution in [1.82, 2.24) is 15.3 Å². The molecule has 34 heavy (non-hydrogen) atoms. The molecule has 2 aromatic rings. The van der Waals surface area contributed by atoms with E-state index in [1.807, 2.05) is 0 Å². The number of nitrogens with one attached hydrogen (secondary N) is 2. The zero-order valence-electron chi connectivity index (χ0n) is 18.5. The lowest BCUT2D eigenvalue weighted by Gasteiger charge is -2.19. The average Bonchev–Trinajstić information content (AvgIpc) is 3.33. The van der Waals surface area contributed by atoms with Gasteiger partial charge in [-0.2, -0.15) is 0 Å². The quantitative estimate of drug-likeness (QED) is 0.581. The number of cyclic esters (lactones) is 1. The number of nitrogens with zero attached hydrogens (tertiary/aromatic N) is 4. The summed E-state index contributed by atoms with van der Waals surface area (Å²) >= 11 is 0. The number of fused-ring (bicyclic) bond motifs is 2. The minimum absolute atomic E-state index is 0.0685. The Balaban J connectivity index is 1.12. The average molecular weight is 470 g/mol. The molecule has 2 N–H and O–H groups in total. The molecule has 5 heterocycles. The highest BCUT2D eigenvalue weighted by Crippen LogP contribution is 2.32. The lowest BCUT2D eigenvalue weighted by atomic mass is 10.1. The van der Waals surface area contributed by atoms with Gasteiger partial charge in [0.1, 0.15) is 17.7 Å². The van der Waals surface area contributed by atoms with E-state index < -0.39 is 11.9 Å². The summed E-state index contributed by atoms with van der Waals surface area (Å²) in [5.41, 5.74) is 1.55. The number of hydrogen-bond donors (Lipinski definition) is 2. The van der Waals surface area contributed by atoms with E-state index >= 15 is 0 Å². The van der Waals surface area contributed by atoms with Crippen LogP contribution in [0.4, 0.5) is 26.5 Å². The summed E-state index contributed by atoms with van der Waals surface area (Å²) in [4.78, 5) is 47.0. The van der Waals surface area contributed by atoms with E-state index in [2.05, 4.69) is 20.6 Å². The zero-order valence-corrected chi connectivity index (χ0v) is 18.5. The highest BCUT2D eigenvalue weighted by Gasteiger charge is 2.34. The Morgan fingerprint density at radius 2 is 2.15 bits per heavy atom. The number of aromatic nitrogens is 2. The monoisotopic (exact) mass is 470 g/mol. The second kappa shape index (κ2) is 8.86. The minimum Gasteiger partial charge on any atom is -0.480 e. The smallest absolute Gasteiger partial charge is 0.415 e. The van der Waals surface area contributed by atoms with Crippen molar-refractivity contribution >= 4 is 35.2 Å². The predicted molar refractivity (Wildman–Crippen MR) is 118 cm³/mol. The van der Waals surface area contributed by atoms with Crippen molar-refractivity contribution in [3.8, 4) is 5.75 Å². The molecule has 1 fully saturated rings. The number of pyridine rings is 2. The van der Waals surface area contributed by atoms with Crippen LogP contribution in [0.25, 0.3) is 0 Å². The van der Waals surface area contributed by atoms with Gasteiger partial charge in [-0.1, -0.05) is 0 Å². The lowest BCUT2D eigenvalue weighted by Crippen LogP contribution is -2.29. The van der Waals surface area contributed by atoms with Gasteiger partial charge in [0, 0.05) is 19.2 Å². The van der Waals surface area contributed by atoms with Crippen LogP contribution in [0.3, 0.4) is 0 Å². The summed E-state index contributed by atoms with van der Waals surface area (Å²) in [5, 5.41) is 5.82. The number of ether oxygens (including phenoxy) is 2. The molecule has 0 aliphatic carbocycles. The van der Waals surface area contributed by atoms with Crippen LogP contribution in [0.1, 0.15) is 24.1 Å². The molecule has 1 saturated heterocycles. The Morgan fingerprint density at radius 1 is 1.29 bits per heavy atom. The summed E-state index contributed by atoms with van der Waals surface area (Å²) in [5.74, 6) is 0.233. The molecule has 0 saturated carbocycles. The normalized spacial score (nSPS) is 19.0. The molecule has 0 bridgehead atoms. The van der Waals surface area contributed by atoms with Crippen molar-refractivity contribution in [3.05, 3.63) is 35.4 Å². The molecule has 12 heteroatoms. The molecule has 1 unspecified atom stereocenters. The van der Waals surface area contributed by atoms with E-state index in [0.717, 1.165) is 6.20 Å². The first-order chi connectivity index (χ1) is 16.4. The van der Waals surface area contributed by atoms with Crippen molar-refractivity contribution in [2.24, 2.45) is 0 Å². The van der Waals surface area contributed by atoms with Gasteiger partial charge in [0.15, 0.2) is 18.2 Å². The van der Waals surface area contributed by atoms with Crippen LogP contribution < -0.4 is 25.2 Å². The number of likely N-dealkylation sites (N-methyl/N-ethyl adjacent to an activating group) is 1. The van der Waals surface area contributed by atoms with Gasteiger partial charge in [0.05, 0.1) is 30.5 Å². The lowest BCUT2D eigenvalue weighted by molar-refractivity contribution is -0.119. The Kier molecular flexibility index (Phi) is 5.74. The Labute approximate surface area is 194 Å². The van der Waals surface area contributed by atoms with Crippen molar-refractivity contribution < 1.29 is 28.2 Å². The van der Waals surface area contributed by atoms with Crippen LogP contribution in [0, 0.1) is 5.82 Å². The Hall–Kier alpha value is -3.80. The number of carbonyl (C=O) groups excluding carboxylic acids is 3. The molecule has 3 aliphatic heterocycles. The molecule has 2 aromatic heterocycles. The maximum Gasteiger partial charge on any atom is 0.415 e. The van der Waals surface area contributed by atoms with Crippen LogP contribution in [0.15, 0.2) is 18.3 Å². The van der Waals surface area contributed by atoms with Crippen molar-refractivity contribution in [3.63, 3.8) is 0 Å². The number of halogens is 1. The van der Waals surface area contributed by atoms with Gasteiger partial charge in [0.2, 0.25) is 5.91 Å². The first-order valence-corrected chi connectivity index (χ1v) is 11.0. The zero-order chi connectivity index (χ0) is 23.8. The summed E-state index contributed by atoms with van der Waals surface area (Å²) in [6.07, 6.45) is 1.81. The molecule has 3 amide bonds. The first-order valence-electron chi connectivity index (χ1n) is 11.0. The van der Waals surface area contributed by atoms with E-state index in [0.29, 0.717) is 54.4 Å². The van der Waals surface area contributed by atoms with E-state index in [1.165, 1.54) is 9.80 Å². The first kappa shape index (κ1) is 22.0. The van der Waals surface area contributed by atoms with Crippen LogP contribution in [0.5, 0.6) is 5.75 Å². The SMILES string of the molecule is CN1C(=O)Cc2ncc(F)c(CNCCCC3CN(c4ccc5c(n4)NC(=O)CO5)C(=O)O3)c21. The van der Waals surface area contributed by atoms with Gasteiger partial charge in [-0.3, -0.25) is 19.5 Å². The fourth-order valence-electron chi connectivity index (χ4n) is 4.27. The summed E-state index contributed by atoms with van der Waals surface area (Å²) < 4.78 is 25.1. The number of anilines is 3. The number of rotatable bonds is 7. The summed E-state index contributed by atoms with van der Waals surface area (Å²) in [6, 6.07) is 3.30. The Bertz CT molecular complexity index is 1170. The predicted octanol–water partition coefficient (Wildman–Crippen LogP) is 1.36. The highest BCUT2D eigenvalue weighted by atomic mass is 19.1. The molecule has 178 valence electrons. The van der Waals surface area contributed by atoms with Gasteiger partial charge in [-0.25, -0.2) is 14.2 Å². The maximum absolute atomic E-state index is 14.3. The molecular weight excluding hydrogens is 447 g/mol. The topological polar surface area (TPSA) is 126 Å². The molecular formula is C22H23FN6O5. The second-order valence-electron chi connectivity index (χ2n) is 8.30. The number of amides is 3. The van der Waals surface area contributed by atoms with Gasteiger partial charge in [-0.15, -0.1) is 0 Å². The largest absolute Gasteiger partial charge is 0.480 e. The van der Waals surface area contributed by atoms with Gasteiger partial charge < -0.3 is 25.0 Å². The van der Waals surface area contributed by atoms with Crippen molar-refractivity contribution in [2.75, 3.05) is 41.9 Å². The van der Waals surface area contributed by atoms with Crippen LogP contribution in [-0.4, -0.2) is 60.7 Å². The molecule has 1 atom stereocenters. The van der Waals surface area contributed by atoms with E-state index in [4.69, 9.17) is 9.47 Å². The summed E-state index contributed by atoms with van der Waals surface area (Å²) in [6.45, 7) is 1.10. The van der Waals surface area contributed by atoms with E-state index in [-0.39, 0.29) is 43.3 Å². The summed E-state index contributed by atoms with van der Waals surface area (Å²) in [7, 11) is 1.62. The number of carbonyl (C=O) groups is 3. The second-order valence-corrected chi connectivity index (χ2v) is 8.30. The molecule has 0 spiro atoms. The third kappa shape index (κ3) is 4.12. The van der Waals surface area contributed by atoms with Gasteiger partial charge >= 0.3 is 6.09 Å². The fraction of sp³-hybridized carbons (Fsp3) is 0.409. The third-order valence-corrected chi connectivity index (χ3v) is 6.00.